The van der Waals surface area contributed by atoms with E-state index in [1.807, 2.05) is 7.05 Å². The number of carbonyl (C=O) groups is 1. The number of hydrogen-bond donors (Lipinski definition) is 1. The zero-order valence-corrected chi connectivity index (χ0v) is 14.8. The predicted molar refractivity (Wildman–Crippen MR) is 91.3 cm³/mol. The summed E-state index contributed by atoms with van der Waals surface area (Å²) in [6, 6.07) is 5.72. The number of carbonyl (C=O) groups excluding carboxylic acids is 1. The molecule has 1 aromatic rings. The highest BCUT2D eigenvalue weighted by molar-refractivity contribution is 5.76. The fourth-order valence-corrected chi connectivity index (χ4v) is 3.07. The van der Waals surface area contributed by atoms with E-state index in [0.29, 0.717) is 37.5 Å². The summed E-state index contributed by atoms with van der Waals surface area (Å²) in [6.07, 6.45) is -2.43. The standard InChI is InChI=1S/C18H26F3N3O/c1-23-10-7-16(13-23)24(2)11-8-17(25)22-9-6-14-4-3-5-15(12-14)18(19,20)21/h3-5,12,16H,6-11,13H2,1-2H3,(H,22,25)/t16-/m1/s1. The summed E-state index contributed by atoms with van der Waals surface area (Å²) in [5.74, 6) is -0.0647. The Bertz CT molecular complexity index is 577. The maximum Gasteiger partial charge on any atom is 0.416 e. The molecule has 0 bridgehead atoms. The fraction of sp³-hybridized carbons (Fsp3) is 0.611. The van der Waals surface area contributed by atoms with Crippen molar-refractivity contribution >= 4 is 5.91 Å². The van der Waals surface area contributed by atoms with Crippen LogP contribution >= 0.6 is 0 Å². The molecule has 1 aliphatic heterocycles. The van der Waals surface area contributed by atoms with E-state index in [1.165, 1.54) is 6.07 Å². The van der Waals surface area contributed by atoms with Gasteiger partial charge in [0.2, 0.25) is 5.91 Å². The van der Waals surface area contributed by atoms with Gasteiger partial charge in [-0.05, 0) is 45.1 Å². The highest BCUT2D eigenvalue weighted by Gasteiger charge is 2.30. The summed E-state index contributed by atoms with van der Waals surface area (Å²) < 4.78 is 38.0. The molecular weight excluding hydrogens is 331 g/mol. The predicted octanol–water partition coefficient (Wildman–Crippen LogP) is 2.39. The Kier molecular flexibility index (Phi) is 6.84. The number of hydrogen-bond acceptors (Lipinski definition) is 3. The van der Waals surface area contributed by atoms with Crippen molar-refractivity contribution in [2.24, 2.45) is 0 Å². The second kappa shape index (κ2) is 8.67. The lowest BCUT2D eigenvalue weighted by atomic mass is 10.1. The van der Waals surface area contributed by atoms with Crippen molar-refractivity contribution in [2.45, 2.75) is 31.5 Å². The second-order valence-electron chi connectivity index (χ2n) is 6.73. The lowest BCUT2D eigenvalue weighted by molar-refractivity contribution is -0.137. The van der Waals surface area contributed by atoms with Crippen molar-refractivity contribution < 1.29 is 18.0 Å². The third kappa shape index (κ3) is 6.32. The minimum atomic E-state index is -4.34. The lowest BCUT2D eigenvalue weighted by Gasteiger charge is -2.23. The van der Waals surface area contributed by atoms with Crippen LogP contribution in [-0.2, 0) is 17.4 Å². The van der Waals surface area contributed by atoms with Crippen LogP contribution in [0.25, 0.3) is 0 Å². The first-order chi connectivity index (χ1) is 11.8. The van der Waals surface area contributed by atoms with Gasteiger partial charge >= 0.3 is 6.18 Å². The van der Waals surface area contributed by atoms with Crippen LogP contribution in [0.4, 0.5) is 13.2 Å². The summed E-state index contributed by atoms with van der Waals surface area (Å²) in [7, 11) is 4.12. The number of benzene rings is 1. The molecule has 140 valence electrons. The largest absolute Gasteiger partial charge is 0.416 e. The molecule has 2 rings (SSSR count). The zero-order chi connectivity index (χ0) is 18.4. The summed E-state index contributed by atoms with van der Waals surface area (Å²) >= 11 is 0. The molecular formula is C18H26F3N3O. The molecule has 0 radical (unpaired) electrons. The lowest BCUT2D eigenvalue weighted by Crippen LogP contribution is -2.37. The van der Waals surface area contributed by atoms with Gasteiger partial charge < -0.3 is 15.1 Å². The molecule has 1 saturated heterocycles. The third-order valence-electron chi connectivity index (χ3n) is 4.67. The molecule has 25 heavy (non-hydrogen) atoms. The first kappa shape index (κ1) is 19.7. The topological polar surface area (TPSA) is 35.6 Å². The van der Waals surface area contributed by atoms with E-state index in [0.717, 1.165) is 31.6 Å². The number of likely N-dealkylation sites (tertiary alicyclic amines) is 1. The quantitative estimate of drug-likeness (QED) is 0.814. The highest BCUT2D eigenvalue weighted by atomic mass is 19.4. The van der Waals surface area contributed by atoms with Gasteiger partial charge in [-0.3, -0.25) is 4.79 Å². The number of likely N-dealkylation sites (N-methyl/N-ethyl adjacent to an activating group) is 2. The van der Waals surface area contributed by atoms with Gasteiger partial charge in [0.15, 0.2) is 0 Å². The van der Waals surface area contributed by atoms with Crippen molar-refractivity contribution in [3.8, 4) is 0 Å². The van der Waals surface area contributed by atoms with Crippen LogP contribution in [0.3, 0.4) is 0 Å². The van der Waals surface area contributed by atoms with Gasteiger partial charge in [-0.25, -0.2) is 0 Å². The molecule has 1 fully saturated rings. The van der Waals surface area contributed by atoms with Crippen molar-refractivity contribution in [3.05, 3.63) is 35.4 Å². The van der Waals surface area contributed by atoms with E-state index in [4.69, 9.17) is 0 Å². The molecule has 0 saturated carbocycles. The first-order valence-corrected chi connectivity index (χ1v) is 8.57. The number of rotatable bonds is 7. The van der Waals surface area contributed by atoms with Gasteiger partial charge in [0.25, 0.3) is 0 Å². The number of nitrogens with one attached hydrogen (secondary N) is 1. The Morgan fingerprint density at radius 1 is 1.40 bits per heavy atom. The molecule has 1 N–H and O–H groups in total. The Hall–Kier alpha value is -1.60. The van der Waals surface area contributed by atoms with E-state index in [9.17, 15) is 18.0 Å². The zero-order valence-electron chi connectivity index (χ0n) is 14.8. The summed E-state index contributed by atoms with van der Waals surface area (Å²) in [5, 5.41) is 2.79. The number of amides is 1. The van der Waals surface area contributed by atoms with Gasteiger partial charge in [0, 0.05) is 32.1 Å². The van der Waals surface area contributed by atoms with Crippen LogP contribution in [0.5, 0.6) is 0 Å². The summed E-state index contributed by atoms with van der Waals surface area (Å²) in [6.45, 7) is 3.13. The van der Waals surface area contributed by atoms with Gasteiger partial charge in [0.1, 0.15) is 0 Å². The number of nitrogens with zero attached hydrogens (tertiary/aromatic N) is 2. The van der Waals surface area contributed by atoms with Crippen LogP contribution in [0.2, 0.25) is 0 Å². The minimum Gasteiger partial charge on any atom is -0.356 e. The molecule has 1 aliphatic rings. The molecule has 1 atom stereocenters. The van der Waals surface area contributed by atoms with E-state index in [1.54, 1.807) is 6.07 Å². The number of alkyl halides is 3. The highest BCUT2D eigenvalue weighted by Crippen LogP contribution is 2.29. The minimum absolute atomic E-state index is 0.0647. The molecule has 0 unspecified atom stereocenters. The van der Waals surface area contributed by atoms with E-state index in [2.05, 4.69) is 22.2 Å². The van der Waals surface area contributed by atoms with Crippen molar-refractivity contribution in [2.75, 3.05) is 40.3 Å². The summed E-state index contributed by atoms with van der Waals surface area (Å²) in [4.78, 5) is 16.4. The van der Waals surface area contributed by atoms with E-state index in [-0.39, 0.29) is 5.91 Å². The molecule has 1 aromatic carbocycles. The molecule has 1 amide bonds. The van der Waals surface area contributed by atoms with Crippen molar-refractivity contribution in [1.82, 2.24) is 15.1 Å². The molecule has 0 spiro atoms. The van der Waals surface area contributed by atoms with Gasteiger partial charge in [-0.1, -0.05) is 18.2 Å². The van der Waals surface area contributed by atoms with Gasteiger partial charge in [0.05, 0.1) is 5.56 Å². The molecule has 4 nitrogen and oxygen atoms in total. The van der Waals surface area contributed by atoms with Crippen LogP contribution < -0.4 is 5.32 Å². The van der Waals surface area contributed by atoms with Crippen molar-refractivity contribution in [3.63, 3.8) is 0 Å². The van der Waals surface area contributed by atoms with Crippen molar-refractivity contribution in [1.29, 1.82) is 0 Å². The maximum atomic E-state index is 12.7. The molecule has 1 heterocycles. The Balaban J connectivity index is 1.68. The van der Waals surface area contributed by atoms with Crippen LogP contribution in [0, 0.1) is 0 Å². The molecule has 7 heteroatoms. The first-order valence-electron chi connectivity index (χ1n) is 8.57. The monoisotopic (exact) mass is 357 g/mol. The number of halogens is 3. The SMILES string of the molecule is CN1CC[C@@H](N(C)CCC(=O)NCCc2cccc(C(F)(F)F)c2)C1. The normalized spacial score (nSPS) is 18.7. The third-order valence-corrected chi connectivity index (χ3v) is 4.67. The average molecular weight is 357 g/mol. The smallest absolute Gasteiger partial charge is 0.356 e. The average Bonchev–Trinajstić information content (AvgIpc) is 2.99. The van der Waals surface area contributed by atoms with E-state index < -0.39 is 11.7 Å². The van der Waals surface area contributed by atoms with Gasteiger partial charge in [-0.2, -0.15) is 13.2 Å². The van der Waals surface area contributed by atoms with Crippen LogP contribution in [0.1, 0.15) is 24.0 Å². The van der Waals surface area contributed by atoms with E-state index >= 15 is 0 Å². The van der Waals surface area contributed by atoms with Crippen LogP contribution in [0.15, 0.2) is 24.3 Å². The maximum absolute atomic E-state index is 12.7. The van der Waals surface area contributed by atoms with Crippen LogP contribution in [-0.4, -0.2) is 62.0 Å². The summed E-state index contributed by atoms with van der Waals surface area (Å²) in [5.41, 5.74) is -0.0827. The second-order valence-corrected chi connectivity index (χ2v) is 6.73. The van der Waals surface area contributed by atoms with Gasteiger partial charge in [-0.15, -0.1) is 0 Å². The fourth-order valence-electron chi connectivity index (χ4n) is 3.07. The molecule has 0 aliphatic carbocycles. The Morgan fingerprint density at radius 2 is 2.16 bits per heavy atom. The Morgan fingerprint density at radius 3 is 2.80 bits per heavy atom. The Labute approximate surface area is 147 Å². The molecule has 0 aromatic heterocycles.